The number of anilines is 2. The molecule has 2 N–H and O–H groups in total. The number of nitrogens with zero attached hydrogens (tertiary/aromatic N) is 4. The van der Waals surface area contributed by atoms with Gasteiger partial charge in [0.15, 0.2) is 0 Å². The number of benzene rings is 1. The first-order chi connectivity index (χ1) is 15.3. The molecule has 3 amide bonds. The molecule has 32 heavy (non-hydrogen) atoms. The van der Waals surface area contributed by atoms with Crippen molar-refractivity contribution < 1.29 is 23.5 Å². The highest BCUT2D eigenvalue weighted by Crippen LogP contribution is 2.26. The largest absolute Gasteiger partial charge is 0.442 e. The molecule has 12 heteroatoms. The summed E-state index contributed by atoms with van der Waals surface area (Å²) in [4.78, 5) is 40.9. The predicted molar refractivity (Wildman–Crippen MR) is 115 cm³/mol. The van der Waals surface area contributed by atoms with Crippen LogP contribution in [-0.4, -0.2) is 51.0 Å². The highest BCUT2D eigenvalue weighted by Gasteiger charge is 2.32. The van der Waals surface area contributed by atoms with Gasteiger partial charge in [-0.25, -0.2) is 14.2 Å². The third-order valence-electron chi connectivity index (χ3n) is 4.65. The number of imidazole rings is 1. The number of hydrogen-bond acceptors (Lipinski definition) is 7. The Hall–Kier alpha value is -3.80. The molecule has 3 heterocycles. The summed E-state index contributed by atoms with van der Waals surface area (Å²) in [5, 5.41) is 5.87. The van der Waals surface area contributed by atoms with Crippen molar-refractivity contribution in [1.29, 1.82) is 0 Å². The average Bonchev–Trinajstić information content (AvgIpc) is 3.46. The molecule has 0 spiro atoms. The molecule has 2 aromatic heterocycles. The molecular weight excluding hydrogens is 439 g/mol. The molecule has 0 saturated carbocycles. The topological polar surface area (TPSA) is 118 Å². The Morgan fingerprint density at radius 3 is 2.84 bits per heavy atom. The van der Waals surface area contributed by atoms with E-state index in [1.807, 2.05) is 6.92 Å². The van der Waals surface area contributed by atoms with E-state index < -0.39 is 23.9 Å². The Morgan fingerprint density at radius 2 is 2.16 bits per heavy atom. The molecule has 1 unspecified atom stereocenters. The normalized spacial score (nSPS) is 15.5. The SMILES string of the molecule is CC(=O)NCC1CN(c2ccc(-n3cnc(C(=O)Nc4cc(C)ns4)c3)c(F)c2)C(=O)O1. The van der Waals surface area contributed by atoms with Crippen LogP contribution in [0.3, 0.4) is 0 Å². The number of amides is 3. The van der Waals surface area contributed by atoms with Crippen LogP contribution in [0, 0.1) is 12.7 Å². The molecule has 0 radical (unpaired) electrons. The highest BCUT2D eigenvalue weighted by atomic mass is 32.1. The van der Waals surface area contributed by atoms with Gasteiger partial charge >= 0.3 is 6.09 Å². The summed E-state index contributed by atoms with van der Waals surface area (Å²) in [6, 6.07) is 5.99. The first kappa shape index (κ1) is 21.4. The standard InChI is InChI=1S/C20H19FN6O4S/c1-11-5-18(32-25-11)24-19(29)16-9-26(10-23-16)17-4-3-13(6-15(17)21)27-8-14(31-20(27)30)7-22-12(2)28/h3-6,9-10,14H,7-8H2,1-2H3,(H,22,28)(H,24,29). The lowest BCUT2D eigenvalue weighted by atomic mass is 10.2. The van der Waals surface area contributed by atoms with Crippen molar-refractivity contribution in [2.75, 3.05) is 23.3 Å². The summed E-state index contributed by atoms with van der Waals surface area (Å²) >= 11 is 1.16. The molecule has 1 aliphatic heterocycles. The fraction of sp³-hybridized carbons (Fsp3) is 0.250. The lowest BCUT2D eigenvalue weighted by Gasteiger charge is -2.14. The minimum Gasteiger partial charge on any atom is -0.442 e. The van der Waals surface area contributed by atoms with Crippen molar-refractivity contribution in [2.24, 2.45) is 0 Å². The van der Waals surface area contributed by atoms with Crippen molar-refractivity contribution in [3.05, 3.63) is 54.0 Å². The smallest absolute Gasteiger partial charge is 0.414 e. The highest BCUT2D eigenvalue weighted by molar-refractivity contribution is 7.10. The summed E-state index contributed by atoms with van der Waals surface area (Å²) in [5.74, 6) is -1.28. The Kier molecular flexibility index (Phi) is 5.86. The fourth-order valence-corrected chi connectivity index (χ4v) is 3.80. The van der Waals surface area contributed by atoms with Crippen LogP contribution in [0.5, 0.6) is 0 Å². The van der Waals surface area contributed by atoms with E-state index in [2.05, 4.69) is 20.0 Å². The zero-order chi connectivity index (χ0) is 22.8. The predicted octanol–water partition coefficient (Wildman–Crippen LogP) is 2.49. The minimum absolute atomic E-state index is 0.114. The Morgan fingerprint density at radius 1 is 1.34 bits per heavy atom. The number of halogens is 1. The Balaban J connectivity index is 1.46. The first-order valence-corrected chi connectivity index (χ1v) is 10.4. The van der Waals surface area contributed by atoms with E-state index in [1.165, 1.54) is 41.0 Å². The van der Waals surface area contributed by atoms with E-state index in [0.29, 0.717) is 10.7 Å². The number of cyclic esters (lactones) is 1. The second-order valence-electron chi connectivity index (χ2n) is 7.14. The van der Waals surface area contributed by atoms with Gasteiger partial charge in [-0.1, -0.05) is 0 Å². The fourth-order valence-electron chi connectivity index (χ4n) is 3.14. The maximum atomic E-state index is 14.8. The van der Waals surface area contributed by atoms with Crippen molar-refractivity contribution >= 4 is 40.1 Å². The van der Waals surface area contributed by atoms with Crippen LogP contribution in [0.1, 0.15) is 23.1 Å². The third kappa shape index (κ3) is 4.59. The van der Waals surface area contributed by atoms with Crippen LogP contribution in [0.15, 0.2) is 36.8 Å². The van der Waals surface area contributed by atoms with Gasteiger partial charge in [-0.2, -0.15) is 4.37 Å². The van der Waals surface area contributed by atoms with Gasteiger partial charge in [0.25, 0.3) is 5.91 Å². The second kappa shape index (κ2) is 8.75. The number of rotatable bonds is 6. The van der Waals surface area contributed by atoms with Gasteiger partial charge in [-0.15, -0.1) is 0 Å². The van der Waals surface area contributed by atoms with Gasteiger partial charge in [-0.3, -0.25) is 14.5 Å². The van der Waals surface area contributed by atoms with Crippen molar-refractivity contribution in [1.82, 2.24) is 19.2 Å². The zero-order valence-electron chi connectivity index (χ0n) is 17.2. The number of ether oxygens (including phenoxy) is 1. The molecule has 0 bridgehead atoms. The van der Waals surface area contributed by atoms with Gasteiger partial charge in [0.2, 0.25) is 5.91 Å². The molecule has 1 aliphatic rings. The number of aryl methyl sites for hydroxylation is 1. The van der Waals surface area contributed by atoms with Crippen LogP contribution in [0.25, 0.3) is 5.69 Å². The molecule has 166 valence electrons. The van der Waals surface area contributed by atoms with Gasteiger partial charge in [0.05, 0.1) is 30.2 Å². The van der Waals surface area contributed by atoms with Gasteiger partial charge in [0, 0.05) is 13.1 Å². The van der Waals surface area contributed by atoms with E-state index in [9.17, 15) is 18.8 Å². The van der Waals surface area contributed by atoms with Crippen LogP contribution in [0.2, 0.25) is 0 Å². The number of carbonyl (C=O) groups excluding carboxylic acids is 3. The number of aromatic nitrogens is 3. The van der Waals surface area contributed by atoms with Crippen molar-refractivity contribution in [3.63, 3.8) is 0 Å². The van der Waals surface area contributed by atoms with E-state index in [-0.39, 0.29) is 30.4 Å². The van der Waals surface area contributed by atoms with Crippen LogP contribution < -0.4 is 15.5 Å². The van der Waals surface area contributed by atoms with E-state index >= 15 is 0 Å². The molecule has 4 rings (SSSR count). The van der Waals surface area contributed by atoms with Gasteiger partial charge in [0.1, 0.15) is 28.9 Å². The summed E-state index contributed by atoms with van der Waals surface area (Å²) in [5.41, 5.74) is 1.39. The Bertz CT molecular complexity index is 1190. The lowest BCUT2D eigenvalue weighted by molar-refractivity contribution is -0.119. The quantitative estimate of drug-likeness (QED) is 0.586. The summed E-state index contributed by atoms with van der Waals surface area (Å²) in [7, 11) is 0. The maximum Gasteiger partial charge on any atom is 0.414 e. The van der Waals surface area contributed by atoms with Crippen molar-refractivity contribution in [2.45, 2.75) is 20.0 Å². The summed E-state index contributed by atoms with van der Waals surface area (Å²) in [6.07, 6.45) is 1.60. The molecule has 1 aromatic carbocycles. The van der Waals surface area contributed by atoms with E-state index in [4.69, 9.17) is 4.74 Å². The number of carbonyl (C=O) groups is 3. The molecule has 1 atom stereocenters. The van der Waals surface area contributed by atoms with E-state index in [0.717, 1.165) is 17.2 Å². The maximum absolute atomic E-state index is 14.8. The van der Waals surface area contributed by atoms with Gasteiger partial charge < -0.3 is 19.9 Å². The Labute approximate surface area is 186 Å². The number of hydrogen-bond donors (Lipinski definition) is 2. The van der Waals surface area contributed by atoms with Crippen LogP contribution >= 0.6 is 11.5 Å². The number of nitrogens with one attached hydrogen (secondary N) is 2. The zero-order valence-corrected chi connectivity index (χ0v) is 18.0. The molecule has 1 fully saturated rings. The summed E-state index contributed by atoms with van der Waals surface area (Å²) < 4.78 is 25.5. The van der Waals surface area contributed by atoms with Crippen LogP contribution in [-0.2, 0) is 9.53 Å². The third-order valence-corrected chi connectivity index (χ3v) is 5.45. The van der Waals surface area contributed by atoms with E-state index in [1.54, 1.807) is 12.1 Å². The van der Waals surface area contributed by atoms with Crippen molar-refractivity contribution in [3.8, 4) is 5.69 Å². The summed E-state index contributed by atoms with van der Waals surface area (Å²) in [6.45, 7) is 3.55. The molecule has 1 saturated heterocycles. The van der Waals surface area contributed by atoms with Crippen LogP contribution in [0.4, 0.5) is 19.9 Å². The van der Waals surface area contributed by atoms with Gasteiger partial charge in [-0.05, 0) is 42.7 Å². The first-order valence-electron chi connectivity index (χ1n) is 9.61. The minimum atomic E-state index is -0.618. The molecule has 0 aliphatic carbocycles. The average molecular weight is 458 g/mol. The molecule has 3 aromatic rings. The molecular formula is C20H19FN6O4S. The second-order valence-corrected chi connectivity index (χ2v) is 7.95. The monoisotopic (exact) mass is 458 g/mol. The molecule has 10 nitrogen and oxygen atoms in total. The lowest BCUT2D eigenvalue weighted by Crippen LogP contribution is -2.33.